The monoisotopic (exact) mass is 216 g/mol. The summed E-state index contributed by atoms with van der Waals surface area (Å²) in [5, 5.41) is 3.48. The lowest BCUT2D eigenvalue weighted by molar-refractivity contribution is 0.679. The summed E-state index contributed by atoms with van der Waals surface area (Å²) >= 11 is 0. The molecular weight excluding hydrogens is 196 g/mol. The van der Waals surface area contributed by atoms with Gasteiger partial charge in [0, 0.05) is 24.6 Å². The Labute approximate surface area is 97.8 Å². The molecule has 0 bridgehead atoms. The van der Waals surface area contributed by atoms with Crippen LogP contribution >= 0.6 is 0 Å². The second-order valence-electron chi connectivity index (χ2n) is 4.48. The first kappa shape index (κ1) is 11.2. The fourth-order valence-electron chi connectivity index (χ4n) is 2.16. The molecule has 0 amide bonds. The lowest BCUT2D eigenvalue weighted by Gasteiger charge is -2.14. The van der Waals surface area contributed by atoms with E-state index in [1.807, 2.05) is 18.5 Å². The average Bonchev–Trinajstić information content (AvgIpc) is 2.33. The van der Waals surface area contributed by atoms with Crippen molar-refractivity contribution in [1.29, 1.82) is 0 Å². The highest BCUT2D eigenvalue weighted by Gasteiger charge is 2.03. The Balaban J connectivity index is 1.80. The maximum Gasteiger partial charge on any atom is 0.0400 e. The number of nitrogens with zero attached hydrogens (tertiary/aromatic N) is 1. The SMILES string of the molecule is Cc1cnccc1NCCC1=CCCCC1. The van der Waals surface area contributed by atoms with Gasteiger partial charge in [0.1, 0.15) is 0 Å². The molecule has 1 aromatic heterocycles. The lowest BCUT2D eigenvalue weighted by atomic mass is 9.97. The van der Waals surface area contributed by atoms with E-state index in [0.29, 0.717) is 0 Å². The number of allylic oxidation sites excluding steroid dienone is 1. The highest BCUT2D eigenvalue weighted by atomic mass is 14.9. The Morgan fingerprint density at radius 3 is 3.06 bits per heavy atom. The number of nitrogens with one attached hydrogen (secondary N) is 1. The molecule has 2 heteroatoms. The number of pyridine rings is 1. The molecule has 1 aliphatic carbocycles. The normalized spacial score (nSPS) is 15.7. The van der Waals surface area contributed by atoms with Crippen molar-refractivity contribution in [2.24, 2.45) is 0 Å². The van der Waals surface area contributed by atoms with E-state index in [2.05, 4.69) is 23.3 Å². The minimum absolute atomic E-state index is 1.04. The van der Waals surface area contributed by atoms with Gasteiger partial charge in [0.05, 0.1) is 0 Å². The number of hydrogen-bond acceptors (Lipinski definition) is 2. The summed E-state index contributed by atoms with van der Waals surface area (Å²) in [6.45, 7) is 3.13. The standard InChI is InChI=1S/C14H20N2/c1-12-11-15-9-8-14(12)16-10-7-13-5-3-2-4-6-13/h5,8-9,11H,2-4,6-7,10H2,1H3,(H,15,16). The van der Waals surface area contributed by atoms with E-state index in [1.165, 1.54) is 43.4 Å². The molecule has 1 aliphatic rings. The molecule has 16 heavy (non-hydrogen) atoms. The van der Waals surface area contributed by atoms with Crippen molar-refractivity contribution in [1.82, 2.24) is 4.98 Å². The molecule has 0 fully saturated rings. The molecule has 1 N–H and O–H groups in total. The van der Waals surface area contributed by atoms with Crippen molar-refractivity contribution < 1.29 is 0 Å². The molecule has 0 saturated carbocycles. The molecule has 0 aliphatic heterocycles. The van der Waals surface area contributed by atoms with Crippen molar-refractivity contribution in [2.75, 3.05) is 11.9 Å². The van der Waals surface area contributed by atoms with Gasteiger partial charge in [-0.05, 0) is 50.7 Å². The third-order valence-corrected chi connectivity index (χ3v) is 3.17. The van der Waals surface area contributed by atoms with E-state index in [4.69, 9.17) is 0 Å². The summed E-state index contributed by atoms with van der Waals surface area (Å²) in [6, 6.07) is 2.05. The van der Waals surface area contributed by atoms with Gasteiger partial charge in [-0.15, -0.1) is 0 Å². The van der Waals surface area contributed by atoms with Gasteiger partial charge >= 0.3 is 0 Å². The van der Waals surface area contributed by atoms with Crippen LogP contribution in [0.25, 0.3) is 0 Å². The largest absolute Gasteiger partial charge is 0.384 e. The molecule has 86 valence electrons. The number of aryl methyl sites for hydroxylation is 1. The third-order valence-electron chi connectivity index (χ3n) is 3.17. The van der Waals surface area contributed by atoms with E-state index in [-0.39, 0.29) is 0 Å². The quantitative estimate of drug-likeness (QED) is 0.776. The van der Waals surface area contributed by atoms with Crippen molar-refractivity contribution >= 4 is 5.69 Å². The van der Waals surface area contributed by atoms with E-state index in [0.717, 1.165) is 6.54 Å². The molecule has 0 aromatic carbocycles. The lowest BCUT2D eigenvalue weighted by Crippen LogP contribution is -2.05. The highest BCUT2D eigenvalue weighted by Crippen LogP contribution is 2.20. The van der Waals surface area contributed by atoms with Gasteiger partial charge in [-0.2, -0.15) is 0 Å². The van der Waals surface area contributed by atoms with Gasteiger partial charge in [0.25, 0.3) is 0 Å². The molecule has 1 aromatic rings. The highest BCUT2D eigenvalue weighted by molar-refractivity contribution is 5.48. The first-order valence-electron chi connectivity index (χ1n) is 6.18. The molecule has 2 nitrogen and oxygen atoms in total. The van der Waals surface area contributed by atoms with E-state index in [1.54, 1.807) is 5.57 Å². The van der Waals surface area contributed by atoms with Gasteiger partial charge in [-0.1, -0.05) is 11.6 Å². The molecular formula is C14H20N2. The van der Waals surface area contributed by atoms with Gasteiger partial charge in [-0.3, -0.25) is 4.98 Å². The first-order chi connectivity index (χ1) is 7.86. The van der Waals surface area contributed by atoms with Crippen LogP contribution in [0, 0.1) is 6.92 Å². The Morgan fingerprint density at radius 1 is 1.38 bits per heavy atom. The fourth-order valence-corrected chi connectivity index (χ4v) is 2.16. The zero-order chi connectivity index (χ0) is 11.2. The number of rotatable bonds is 4. The van der Waals surface area contributed by atoms with Crippen LogP contribution in [-0.2, 0) is 0 Å². The predicted octanol–water partition coefficient (Wildman–Crippen LogP) is 3.69. The van der Waals surface area contributed by atoms with Crippen LogP contribution in [0.2, 0.25) is 0 Å². The Bertz CT molecular complexity index is 369. The van der Waals surface area contributed by atoms with Crippen LogP contribution in [-0.4, -0.2) is 11.5 Å². The Morgan fingerprint density at radius 2 is 2.31 bits per heavy atom. The third kappa shape index (κ3) is 3.09. The number of hydrogen-bond donors (Lipinski definition) is 1. The van der Waals surface area contributed by atoms with Crippen LogP contribution in [0.4, 0.5) is 5.69 Å². The van der Waals surface area contributed by atoms with Crippen molar-refractivity contribution in [3.8, 4) is 0 Å². The fraction of sp³-hybridized carbons (Fsp3) is 0.500. The zero-order valence-corrected chi connectivity index (χ0v) is 10.00. The molecule has 0 spiro atoms. The Kier molecular flexibility index (Phi) is 3.97. The zero-order valence-electron chi connectivity index (χ0n) is 10.00. The topological polar surface area (TPSA) is 24.9 Å². The van der Waals surface area contributed by atoms with Gasteiger partial charge in [-0.25, -0.2) is 0 Å². The summed E-state index contributed by atoms with van der Waals surface area (Å²) < 4.78 is 0. The molecule has 0 unspecified atom stereocenters. The molecule has 0 saturated heterocycles. The van der Waals surface area contributed by atoms with Crippen LogP contribution in [0.5, 0.6) is 0 Å². The Hall–Kier alpha value is -1.31. The minimum Gasteiger partial charge on any atom is -0.384 e. The van der Waals surface area contributed by atoms with Gasteiger partial charge in [0.2, 0.25) is 0 Å². The number of aromatic nitrogens is 1. The second-order valence-corrected chi connectivity index (χ2v) is 4.48. The second kappa shape index (κ2) is 5.69. The summed E-state index contributed by atoms with van der Waals surface area (Å²) in [6.07, 6.45) is 12.7. The maximum absolute atomic E-state index is 4.09. The minimum atomic E-state index is 1.04. The van der Waals surface area contributed by atoms with E-state index >= 15 is 0 Å². The van der Waals surface area contributed by atoms with Crippen LogP contribution < -0.4 is 5.32 Å². The molecule has 2 rings (SSSR count). The van der Waals surface area contributed by atoms with Crippen LogP contribution in [0.3, 0.4) is 0 Å². The summed E-state index contributed by atoms with van der Waals surface area (Å²) in [5.74, 6) is 0. The first-order valence-corrected chi connectivity index (χ1v) is 6.18. The van der Waals surface area contributed by atoms with E-state index in [9.17, 15) is 0 Å². The maximum atomic E-state index is 4.09. The summed E-state index contributed by atoms with van der Waals surface area (Å²) in [5.41, 5.74) is 4.07. The van der Waals surface area contributed by atoms with E-state index < -0.39 is 0 Å². The van der Waals surface area contributed by atoms with Crippen LogP contribution in [0.15, 0.2) is 30.1 Å². The van der Waals surface area contributed by atoms with Crippen LogP contribution in [0.1, 0.15) is 37.7 Å². The average molecular weight is 216 g/mol. The molecule has 1 heterocycles. The summed E-state index contributed by atoms with van der Waals surface area (Å²) in [7, 11) is 0. The molecule has 0 radical (unpaired) electrons. The summed E-state index contributed by atoms with van der Waals surface area (Å²) in [4.78, 5) is 4.09. The van der Waals surface area contributed by atoms with Crippen molar-refractivity contribution in [3.05, 3.63) is 35.7 Å². The van der Waals surface area contributed by atoms with Crippen molar-refractivity contribution in [2.45, 2.75) is 39.0 Å². The van der Waals surface area contributed by atoms with Crippen molar-refractivity contribution in [3.63, 3.8) is 0 Å². The number of anilines is 1. The smallest absolute Gasteiger partial charge is 0.0400 e. The molecule has 0 atom stereocenters. The predicted molar refractivity (Wildman–Crippen MR) is 68.6 cm³/mol. The van der Waals surface area contributed by atoms with Gasteiger partial charge < -0.3 is 5.32 Å². The van der Waals surface area contributed by atoms with Gasteiger partial charge in [0.15, 0.2) is 0 Å².